The third-order valence-electron chi connectivity index (χ3n) is 3.77. The number of para-hydroxylation sites is 1. The van der Waals surface area contributed by atoms with E-state index >= 15 is 0 Å². The zero-order chi connectivity index (χ0) is 15.1. The molecule has 1 aromatic heterocycles. The summed E-state index contributed by atoms with van der Waals surface area (Å²) >= 11 is 0. The number of sulfone groups is 1. The molecule has 21 heavy (non-hydrogen) atoms. The lowest BCUT2D eigenvalue weighted by molar-refractivity contribution is 0.572. The lowest BCUT2D eigenvalue weighted by atomic mass is 10.0. The number of aromatic nitrogens is 1. The molecule has 0 amide bonds. The van der Waals surface area contributed by atoms with Gasteiger partial charge in [-0.3, -0.25) is 0 Å². The summed E-state index contributed by atoms with van der Waals surface area (Å²) in [7, 11) is -2.99. The number of rotatable bonds is 2. The summed E-state index contributed by atoms with van der Waals surface area (Å²) in [5, 5.41) is 13.3. The van der Waals surface area contributed by atoms with Crippen molar-refractivity contribution < 1.29 is 8.42 Å². The Kier molecular flexibility index (Phi) is 3.10. The van der Waals surface area contributed by atoms with Crippen LogP contribution in [0.3, 0.4) is 0 Å². The SMILES string of the molecule is CC1(Nc2cc(C#N)c3ccccc3n2)CCS(=O)(=O)C1. The number of pyridine rings is 1. The molecule has 0 aliphatic carbocycles. The predicted octanol–water partition coefficient (Wildman–Crippen LogP) is 2.10. The van der Waals surface area contributed by atoms with Gasteiger partial charge in [-0.25, -0.2) is 13.4 Å². The third-order valence-corrected chi connectivity index (χ3v) is 5.67. The summed E-state index contributed by atoms with van der Waals surface area (Å²) in [6.45, 7) is 1.88. The summed E-state index contributed by atoms with van der Waals surface area (Å²) in [6, 6.07) is 11.3. The van der Waals surface area contributed by atoms with E-state index in [9.17, 15) is 13.7 Å². The highest BCUT2D eigenvalue weighted by molar-refractivity contribution is 7.91. The van der Waals surface area contributed by atoms with Crippen molar-refractivity contribution in [2.75, 3.05) is 16.8 Å². The molecule has 1 aromatic carbocycles. The van der Waals surface area contributed by atoms with Crippen molar-refractivity contribution >= 4 is 26.6 Å². The summed E-state index contributed by atoms with van der Waals surface area (Å²) in [4.78, 5) is 4.48. The second-order valence-electron chi connectivity index (χ2n) is 5.71. The molecule has 0 saturated carbocycles. The number of hydrogen-bond acceptors (Lipinski definition) is 5. The molecule has 1 saturated heterocycles. The molecule has 6 heteroatoms. The van der Waals surface area contributed by atoms with E-state index in [0.717, 1.165) is 10.9 Å². The van der Waals surface area contributed by atoms with Gasteiger partial charge in [-0.1, -0.05) is 18.2 Å². The van der Waals surface area contributed by atoms with Gasteiger partial charge in [0.2, 0.25) is 0 Å². The van der Waals surface area contributed by atoms with Crippen molar-refractivity contribution in [2.24, 2.45) is 0 Å². The van der Waals surface area contributed by atoms with Crippen LogP contribution >= 0.6 is 0 Å². The number of hydrogen-bond donors (Lipinski definition) is 1. The van der Waals surface area contributed by atoms with E-state index in [-0.39, 0.29) is 11.5 Å². The van der Waals surface area contributed by atoms with Gasteiger partial charge in [-0.05, 0) is 25.5 Å². The quantitative estimate of drug-likeness (QED) is 0.918. The molecular weight excluding hydrogens is 286 g/mol. The molecule has 0 spiro atoms. The number of benzene rings is 1. The average Bonchev–Trinajstić information content (AvgIpc) is 2.71. The third kappa shape index (κ3) is 2.69. The van der Waals surface area contributed by atoms with Crippen LogP contribution in [-0.4, -0.2) is 30.4 Å². The van der Waals surface area contributed by atoms with Crippen LogP contribution in [0, 0.1) is 11.3 Å². The zero-order valence-electron chi connectivity index (χ0n) is 11.6. The Morgan fingerprint density at radius 3 is 2.81 bits per heavy atom. The van der Waals surface area contributed by atoms with Crippen molar-refractivity contribution in [1.82, 2.24) is 4.98 Å². The fourth-order valence-electron chi connectivity index (χ4n) is 2.75. The molecule has 1 N–H and O–H groups in total. The Labute approximate surface area is 123 Å². The number of nitriles is 1. The highest BCUT2D eigenvalue weighted by atomic mass is 32.2. The minimum atomic E-state index is -2.99. The van der Waals surface area contributed by atoms with Crippen molar-refractivity contribution in [3.8, 4) is 6.07 Å². The Balaban J connectivity index is 2.01. The number of nitrogens with zero attached hydrogens (tertiary/aromatic N) is 2. The topological polar surface area (TPSA) is 82.8 Å². The first-order chi connectivity index (χ1) is 9.91. The van der Waals surface area contributed by atoms with Crippen LogP contribution in [0.2, 0.25) is 0 Å². The first kappa shape index (κ1) is 13.8. The van der Waals surface area contributed by atoms with Crippen LogP contribution in [0.25, 0.3) is 10.9 Å². The average molecular weight is 301 g/mol. The lowest BCUT2D eigenvalue weighted by Crippen LogP contribution is -2.36. The van der Waals surface area contributed by atoms with Gasteiger partial charge in [-0.15, -0.1) is 0 Å². The summed E-state index contributed by atoms with van der Waals surface area (Å²) in [6.07, 6.45) is 0.547. The molecule has 2 aromatic rings. The molecule has 3 rings (SSSR count). The molecule has 2 heterocycles. The summed E-state index contributed by atoms with van der Waals surface area (Å²) in [5.41, 5.74) is 0.733. The number of nitrogens with one attached hydrogen (secondary N) is 1. The van der Waals surface area contributed by atoms with E-state index in [4.69, 9.17) is 0 Å². The Bertz CT molecular complexity index is 855. The molecular formula is C15H15N3O2S. The Morgan fingerprint density at radius 1 is 1.38 bits per heavy atom. The van der Waals surface area contributed by atoms with Gasteiger partial charge in [-0.2, -0.15) is 5.26 Å². The summed E-state index contributed by atoms with van der Waals surface area (Å²) in [5.74, 6) is 0.829. The smallest absolute Gasteiger partial charge is 0.152 e. The van der Waals surface area contributed by atoms with E-state index in [1.54, 1.807) is 6.07 Å². The Hall–Kier alpha value is -2.13. The molecule has 108 valence electrons. The fraction of sp³-hybridized carbons (Fsp3) is 0.333. The van der Waals surface area contributed by atoms with Crippen molar-refractivity contribution in [2.45, 2.75) is 18.9 Å². The van der Waals surface area contributed by atoms with E-state index in [1.807, 2.05) is 31.2 Å². The van der Waals surface area contributed by atoms with Crippen LogP contribution in [0.4, 0.5) is 5.82 Å². The fourth-order valence-corrected chi connectivity index (χ4v) is 4.84. The molecule has 1 fully saturated rings. The molecule has 1 atom stereocenters. The van der Waals surface area contributed by atoms with E-state index in [2.05, 4.69) is 16.4 Å². The normalized spacial score (nSPS) is 23.8. The van der Waals surface area contributed by atoms with Gasteiger partial charge in [0.25, 0.3) is 0 Å². The van der Waals surface area contributed by atoms with Gasteiger partial charge in [0, 0.05) is 5.39 Å². The second-order valence-corrected chi connectivity index (χ2v) is 7.90. The van der Waals surface area contributed by atoms with Crippen LogP contribution < -0.4 is 5.32 Å². The van der Waals surface area contributed by atoms with Crippen LogP contribution in [0.15, 0.2) is 30.3 Å². The Morgan fingerprint density at radius 2 is 2.14 bits per heavy atom. The zero-order valence-corrected chi connectivity index (χ0v) is 12.4. The largest absolute Gasteiger partial charge is 0.364 e. The van der Waals surface area contributed by atoms with Gasteiger partial charge in [0.1, 0.15) is 5.82 Å². The summed E-state index contributed by atoms with van der Waals surface area (Å²) < 4.78 is 23.3. The van der Waals surface area contributed by atoms with Gasteiger partial charge >= 0.3 is 0 Å². The second kappa shape index (κ2) is 4.71. The number of fused-ring (bicyclic) bond motifs is 1. The first-order valence-electron chi connectivity index (χ1n) is 6.69. The van der Waals surface area contributed by atoms with Crippen molar-refractivity contribution in [3.05, 3.63) is 35.9 Å². The predicted molar refractivity (Wildman–Crippen MR) is 81.8 cm³/mol. The molecule has 0 bridgehead atoms. The van der Waals surface area contributed by atoms with Crippen LogP contribution in [-0.2, 0) is 9.84 Å². The van der Waals surface area contributed by atoms with Gasteiger partial charge in [0.15, 0.2) is 9.84 Å². The standard InChI is InChI=1S/C15H15N3O2S/c1-15(6-7-21(19,20)10-15)18-14-8-11(9-16)12-4-2-3-5-13(12)17-14/h2-5,8H,6-7,10H2,1H3,(H,17,18). The van der Waals surface area contributed by atoms with Crippen molar-refractivity contribution in [1.29, 1.82) is 5.26 Å². The van der Waals surface area contributed by atoms with Crippen LogP contribution in [0.5, 0.6) is 0 Å². The molecule has 0 radical (unpaired) electrons. The van der Waals surface area contributed by atoms with Gasteiger partial charge in [0.05, 0.1) is 34.2 Å². The first-order valence-corrected chi connectivity index (χ1v) is 8.51. The maximum atomic E-state index is 11.7. The van der Waals surface area contributed by atoms with Crippen LogP contribution in [0.1, 0.15) is 18.9 Å². The highest BCUT2D eigenvalue weighted by Gasteiger charge is 2.38. The highest BCUT2D eigenvalue weighted by Crippen LogP contribution is 2.28. The maximum absolute atomic E-state index is 11.7. The molecule has 1 unspecified atom stereocenters. The van der Waals surface area contributed by atoms with Gasteiger partial charge < -0.3 is 5.32 Å². The minimum Gasteiger partial charge on any atom is -0.364 e. The van der Waals surface area contributed by atoms with E-state index < -0.39 is 15.4 Å². The molecule has 1 aliphatic heterocycles. The van der Waals surface area contributed by atoms with E-state index in [0.29, 0.717) is 17.8 Å². The minimum absolute atomic E-state index is 0.0936. The molecule has 1 aliphatic rings. The lowest BCUT2D eigenvalue weighted by Gasteiger charge is -2.24. The number of anilines is 1. The van der Waals surface area contributed by atoms with Crippen molar-refractivity contribution in [3.63, 3.8) is 0 Å². The molecule has 5 nitrogen and oxygen atoms in total. The van der Waals surface area contributed by atoms with E-state index in [1.165, 1.54) is 0 Å². The maximum Gasteiger partial charge on any atom is 0.152 e. The monoisotopic (exact) mass is 301 g/mol.